The minimum atomic E-state index is -4.58. The number of aromatic amines is 1. The van der Waals surface area contributed by atoms with Crippen molar-refractivity contribution in [2.45, 2.75) is 19.6 Å². The summed E-state index contributed by atoms with van der Waals surface area (Å²) in [5.41, 5.74) is 2.88. The molecule has 0 unspecified atom stereocenters. The van der Waals surface area contributed by atoms with E-state index in [2.05, 4.69) is 45.3 Å². The maximum absolute atomic E-state index is 13.1. The highest BCUT2D eigenvalue weighted by molar-refractivity contribution is 6.03. The number of alkyl halides is 3. The van der Waals surface area contributed by atoms with Gasteiger partial charge in [-0.05, 0) is 48.4 Å². The zero-order chi connectivity index (χ0) is 27.1. The Labute approximate surface area is 219 Å². The first-order valence-electron chi connectivity index (χ1n) is 11.9. The van der Waals surface area contributed by atoms with Crippen LogP contribution >= 0.6 is 0 Å². The minimum Gasteiger partial charge on any atom is -0.369 e. The lowest BCUT2D eigenvalue weighted by Crippen LogP contribution is -2.17. The summed E-state index contributed by atoms with van der Waals surface area (Å²) in [4.78, 5) is 29.9. The van der Waals surface area contributed by atoms with E-state index in [-0.39, 0.29) is 5.69 Å². The number of aryl methyl sites for hydroxylation is 1. The number of benzene rings is 1. The standard InChI is InChI=1S/C26H20F3N9O/c1-14-2-3-17(34-24(39)20-11-16(4-6-30-20)26(27,28)29)12-18(14)19-10-15-13-32-25(35-21-5-7-33-37-21)36-22(15)38-9-8-31-23(19)38/h2-7,10-13,31H,8-9H2,1H3,(H,33,37)(H,34,39)/b35-25-. The molecule has 0 spiro atoms. The Balaban J connectivity index is 1.38. The molecule has 6 rings (SSSR count). The Morgan fingerprint density at radius 1 is 1.08 bits per heavy atom. The van der Waals surface area contributed by atoms with E-state index in [0.29, 0.717) is 36.0 Å². The van der Waals surface area contributed by atoms with Gasteiger partial charge in [0, 0.05) is 48.4 Å². The van der Waals surface area contributed by atoms with Crippen molar-refractivity contribution in [3.8, 4) is 22.5 Å². The molecule has 3 aromatic rings. The normalized spacial score (nSPS) is 13.4. The van der Waals surface area contributed by atoms with E-state index in [0.717, 1.165) is 46.4 Å². The lowest BCUT2D eigenvalue weighted by Gasteiger charge is -2.19. The van der Waals surface area contributed by atoms with Gasteiger partial charge in [-0.1, -0.05) is 6.07 Å². The molecule has 0 atom stereocenters. The molecule has 3 aliphatic rings. The summed E-state index contributed by atoms with van der Waals surface area (Å²) in [6.07, 6.45) is -0.312. The molecule has 5 heterocycles. The number of carbonyl (C=O) groups excluding carboxylic acids is 1. The summed E-state index contributed by atoms with van der Waals surface area (Å²) in [5.74, 6) is 1.36. The summed E-state index contributed by atoms with van der Waals surface area (Å²) < 4.78 is 41.3. The molecule has 3 aliphatic heterocycles. The molecule has 0 aliphatic carbocycles. The molecule has 13 heteroatoms. The molecule has 196 valence electrons. The number of aromatic nitrogens is 6. The second-order valence-corrected chi connectivity index (χ2v) is 8.90. The van der Waals surface area contributed by atoms with Crippen LogP contribution in [0.5, 0.6) is 0 Å². The fourth-order valence-corrected chi connectivity index (χ4v) is 4.45. The van der Waals surface area contributed by atoms with Crippen molar-refractivity contribution in [1.82, 2.24) is 29.7 Å². The van der Waals surface area contributed by atoms with Crippen LogP contribution in [0.3, 0.4) is 0 Å². The minimum absolute atomic E-state index is 0.296. The maximum atomic E-state index is 13.1. The lowest BCUT2D eigenvalue weighted by atomic mass is 9.98. The van der Waals surface area contributed by atoms with Crippen LogP contribution in [0, 0.1) is 6.92 Å². The van der Waals surface area contributed by atoms with Crippen molar-refractivity contribution in [2.75, 3.05) is 17.2 Å². The number of pyridine rings is 2. The molecule has 2 aromatic heterocycles. The lowest BCUT2D eigenvalue weighted by molar-refractivity contribution is -0.137. The van der Waals surface area contributed by atoms with E-state index in [9.17, 15) is 18.0 Å². The van der Waals surface area contributed by atoms with E-state index in [1.807, 2.05) is 19.1 Å². The molecular weight excluding hydrogens is 511 g/mol. The average Bonchev–Trinajstić information content (AvgIpc) is 3.62. The number of nitrogens with zero attached hydrogens (tertiary/aromatic N) is 6. The predicted molar refractivity (Wildman–Crippen MR) is 136 cm³/mol. The molecule has 0 bridgehead atoms. The second-order valence-electron chi connectivity index (χ2n) is 8.90. The number of halogens is 3. The Bertz CT molecular complexity index is 1740. The number of hydrogen-bond donors (Lipinski definition) is 3. The van der Waals surface area contributed by atoms with Crippen LogP contribution < -0.4 is 16.3 Å². The van der Waals surface area contributed by atoms with Crippen molar-refractivity contribution in [1.29, 1.82) is 0 Å². The molecule has 0 saturated carbocycles. The highest BCUT2D eigenvalue weighted by Gasteiger charge is 2.31. The average molecular weight is 532 g/mol. The van der Waals surface area contributed by atoms with Gasteiger partial charge in [0.15, 0.2) is 5.82 Å². The van der Waals surface area contributed by atoms with Crippen molar-refractivity contribution >= 4 is 23.2 Å². The van der Waals surface area contributed by atoms with Gasteiger partial charge in [-0.25, -0.2) is 4.98 Å². The van der Waals surface area contributed by atoms with Gasteiger partial charge in [-0.15, -0.1) is 0 Å². The molecule has 0 fully saturated rings. The van der Waals surface area contributed by atoms with E-state index in [4.69, 9.17) is 0 Å². The quantitative estimate of drug-likeness (QED) is 0.316. The number of rotatable bonds is 4. The molecule has 39 heavy (non-hydrogen) atoms. The number of H-pyrrole nitrogens is 1. The van der Waals surface area contributed by atoms with E-state index >= 15 is 0 Å². The summed E-state index contributed by atoms with van der Waals surface area (Å²) in [6.45, 7) is 3.31. The molecule has 0 saturated heterocycles. The maximum Gasteiger partial charge on any atom is 0.416 e. The van der Waals surface area contributed by atoms with Gasteiger partial charge in [0.2, 0.25) is 0 Å². The third kappa shape index (κ3) is 4.69. The number of carbonyl (C=O) groups is 1. The van der Waals surface area contributed by atoms with Crippen LogP contribution in [-0.4, -0.2) is 42.2 Å². The molecule has 3 N–H and O–H groups in total. The molecule has 0 radical (unpaired) electrons. The van der Waals surface area contributed by atoms with Gasteiger partial charge in [-0.3, -0.25) is 14.9 Å². The molecule has 1 aromatic carbocycles. The zero-order valence-electron chi connectivity index (χ0n) is 20.4. The predicted octanol–water partition coefficient (Wildman–Crippen LogP) is 4.41. The molecule has 1 amide bonds. The van der Waals surface area contributed by atoms with Gasteiger partial charge in [0.05, 0.1) is 11.8 Å². The van der Waals surface area contributed by atoms with E-state index in [1.54, 1.807) is 30.6 Å². The van der Waals surface area contributed by atoms with Gasteiger partial charge < -0.3 is 15.2 Å². The number of fused-ring (bicyclic) bond motifs is 3. The summed E-state index contributed by atoms with van der Waals surface area (Å²) in [5, 5.41) is 12.7. The first-order valence-corrected chi connectivity index (χ1v) is 11.9. The highest BCUT2D eigenvalue weighted by Crippen LogP contribution is 2.39. The van der Waals surface area contributed by atoms with Crippen LogP contribution in [-0.2, 0) is 12.7 Å². The first kappa shape index (κ1) is 24.3. The number of anilines is 2. The van der Waals surface area contributed by atoms with Crippen LogP contribution in [0.25, 0.3) is 22.5 Å². The Hall–Kier alpha value is -5.07. The molecular formula is C26H20F3N9O. The number of amides is 1. The summed E-state index contributed by atoms with van der Waals surface area (Å²) in [6, 6.07) is 10.5. The first-order chi connectivity index (χ1) is 18.8. The third-order valence-electron chi connectivity index (χ3n) is 6.30. The van der Waals surface area contributed by atoms with Crippen molar-refractivity contribution in [3.05, 3.63) is 83.5 Å². The Morgan fingerprint density at radius 3 is 2.74 bits per heavy atom. The van der Waals surface area contributed by atoms with E-state index < -0.39 is 17.6 Å². The smallest absolute Gasteiger partial charge is 0.369 e. The van der Waals surface area contributed by atoms with Crippen molar-refractivity contribution < 1.29 is 18.0 Å². The fourth-order valence-electron chi connectivity index (χ4n) is 4.45. The van der Waals surface area contributed by atoms with Crippen molar-refractivity contribution in [3.63, 3.8) is 0 Å². The van der Waals surface area contributed by atoms with Crippen LogP contribution in [0.2, 0.25) is 0 Å². The van der Waals surface area contributed by atoms with Crippen LogP contribution in [0.15, 0.2) is 66.0 Å². The van der Waals surface area contributed by atoms with E-state index in [1.165, 1.54) is 0 Å². The van der Waals surface area contributed by atoms with Crippen molar-refractivity contribution in [2.24, 2.45) is 4.99 Å². The third-order valence-corrected chi connectivity index (χ3v) is 6.30. The monoisotopic (exact) mass is 531 g/mol. The second kappa shape index (κ2) is 9.35. The number of nitrogens with one attached hydrogen (secondary N) is 3. The largest absolute Gasteiger partial charge is 0.416 e. The van der Waals surface area contributed by atoms with Gasteiger partial charge in [0.25, 0.3) is 11.5 Å². The summed E-state index contributed by atoms with van der Waals surface area (Å²) >= 11 is 0. The highest BCUT2D eigenvalue weighted by atomic mass is 19.4. The van der Waals surface area contributed by atoms with Gasteiger partial charge in [0.1, 0.15) is 17.3 Å². The topological polar surface area (TPSA) is 126 Å². The summed E-state index contributed by atoms with van der Waals surface area (Å²) in [7, 11) is 0. The van der Waals surface area contributed by atoms with Crippen LogP contribution in [0.1, 0.15) is 21.6 Å². The zero-order valence-corrected chi connectivity index (χ0v) is 20.4. The molecule has 10 nitrogen and oxygen atoms in total. The van der Waals surface area contributed by atoms with Gasteiger partial charge in [-0.2, -0.15) is 28.2 Å². The fraction of sp³-hybridized carbons (Fsp3) is 0.154. The van der Waals surface area contributed by atoms with Gasteiger partial charge >= 0.3 is 6.18 Å². The SMILES string of the molecule is Cc1ccc(NC(=O)c2cc(C(F)(F)F)ccn2)cc1-c1cc2cn/c(=N/c3ccn[nH]3)nc-2n2c1NCC2. The number of hydrogen-bond acceptors (Lipinski definition) is 7. The Kier molecular flexibility index (Phi) is 5.82. The van der Waals surface area contributed by atoms with Crippen LogP contribution in [0.4, 0.5) is 30.5 Å². The Morgan fingerprint density at radius 2 is 1.95 bits per heavy atom.